The molecule has 0 aromatic heterocycles. The maximum atomic E-state index is 12.9. The lowest BCUT2D eigenvalue weighted by molar-refractivity contribution is -0.143. The normalized spacial score (nSPS) is 11.4. The molecule has 0 atom stereocenters. The molecule has 0 spiro atoms. The summed E-state index contributed by atoms with van der Waals surface area (Å²) in [6.07, 6.45) is 0. The number of nitrogens with two attached hydrogens (primary N) is 1. The fourth-order valence-corrected chi connectivity index (χ4v) is 1.04. The van der Waals surface area contributed by atoms with Crippen LogP contribution in [0.1, 0.15) is 5.56 Å². The molecule has 14 heavy (non-hydrogen) atoms. The lowest BCUT2D eigenvalue weighted by Gasteiger charge is -2.13. The molecule has 1 aromatic rings. The van der Waals surface area contributed by atoms with Gasteiger partial charge in [-0.25, -0.2) is 4.39 Å². The van der Waals surface area contributed by atoms with Gasteiger partial charge in [0.2, 0.25) is 0 Å². The predicted molar refractivity (Wildman–Crippen MR) is 44.5 cm³/mol. The number of hydrogen-bond donors (Lipinski definition) is 1. The van der Waals surface area contributed by atoms with E-state index in [2.05, 4.69) is 5.73 Å². The number of amides is 1. The maximum Gasteiger partial charge on any atom is 0.352 e. The smallest absolute Gasteiger partial charge is 0.352 e. The average Bonchev–Trinajstić information content (AvgIpc) is 2.02. The molecule has 0 radical (unpaired) electrons. The minimum atomic E-state index is -4.02. The molecule has 0 saturated heterocycles. The van der Waals surface area contributed by atoms with Crippen molar-refractivity contribution in [2.75, 3.05) is 0 Å². The zero-order valence-corrected chi connectivity index (χ0v) is 7.49. The quantitative estimate of drug-likeness (QED) is 0.819. The Balaban J connectivity index is 3.26. The van der Waals surface area contributed by atoms with Gasteiger partial charge in [0.1, 0.15) is 5.82 Å². The van der Waals surface area contributed by atoms with Gasteiger partial charge < -0.3 is 5.73 Å². The second-order valence-electron chi connectivity index (χ2n) is 2.56. The van der Waals surface area contributed by atoms with Crippen molar-refractivity contribution in [3.63, 3.8) is 0 Å². The number of alkyl halides is 2. The lowest BCUT2D eigenvalue weighted by atomic mass is 10.1. The van der Waals surface area contributed by atoms with E-state index in [0.717, 1.165) is 12.1 Å². The molecule has 0 unspecified atom stereocenters. The van der Waals surface area contributed by atoms with Gasteiger partial charge in [-0.3, -0.25) is 4.79 Å². The first-order valence-corrected chi connectivity index (χ1v) is 3.86. The summed E-state index contributed by atoms with van der Waals surface area (Å²) in [6, 6.07) is 2.47. The third-order valence-corrected chi connectivity index (χ3v) is 1.81. The van der Waals surface area contributed by atoms with Crippen LogP contribution in [0, 0.1) is 5.82 Å². The van der Waals surface area contributed by atoms with Gasteiger partial charge in [0.25, 0.3) is 5.91 Å². The van der Waals surface area contributed by atoms with Crippen LogP contribution in [0.4, 0.5) is 13.2 Å². The van der Waals surface area contributed by atoms with Crippen molar-refractivity contribution in [2.45, 2.75) is 5.92 Å². The Morgan fingerprint density at radius 1 is 1.43 bits per heavy atom. The first-order chi connectivity index (χ1) is 6.35. The van der Waals surface area contributed by atoms with Crippen LogP contribution in [0.3, 0.4) is 0 Å². The minimum absolute atomic E-state index is 0.0356. The SMILES string of the molecule is NC(=O)C(F)(F)c1ccc(Cl)cc1F. The summed E-state index contributed by atoms with van der Waals surface area (Å²) < 4.78 is 38.8. The van der Waals surface area contributed by atoms with Crippen LogP contribution < -0.4 is 5.73 Å². The third-order valence-electron chi connectivity index (χ3n) is 1.58. The molecule has 1 rings (SSSR count). The van der Waals surface area contributed by atoms with Crippen molar-refractivity contribution >= 4 is 17.5 Å². The first kappa shape index (κ1) is 10.8. The Bertz CT molecular complexity index is 381. The Morgan fingerprint density at radius 3 is 2.43 bits per heavy atom. The monoisotopic (exact) mass is 223 g/mol. The third kappa shape index (κ3) is 1.82. The molecule has 1 aromatic carbocycles. The van der Waals surface area contributed by atoms with E-state index in [9.17, 15) is 18.0 Å². The van der Waals surface area contributed by atoms with E-state index in [0.29, 0.717) is 6.07 Å². The van der Waals surface area contributed by atoms with Crippen LogP contribution in [-0.2, 0) is 10.7 Å². The van der Waals surface area contributed by atoms with E-state index in [1.54, 1.807) is 0 Å². The highest BCUT2D eigenvalue weighted by molar-refractivity contribution is 6.30. The molecule has 2 nitrogen and oxygen atoms in total. The molecule has 0 saturated carbocycles. The molecule has 0 bridgehead atoms. The number of rotatable bonds is 2. The number of carbonyl (C=O) groups is 1. The Morgan fingerprint density at radius 2 is 2.00 bits per heavy atom. The van der Waals surface area contributed by atoms with Crippen molar-refractivity contribution < 1.29 is 18.0 Å². The Hall–Kier alpha value is -1.23. The van der Waals surface area contributed by atoms with E-state index in [-0.39, 0.29) is 5.02 Å². The molecule has 1 amide bonds. The number of benzene rings is 1. The summed E-state index contributed by atoms with van der Waals surface area (Å²) in [7, 11) is 0. The molecule has 0 aliphatic heterocycles. The van der Waals surface area contributed by atoms with E-state index in [1.807, 2.05) is 0 Å². The molecule has 0 heterocycles. The van der Waals surface area contributed by atoms with Gasteiger partial charge in [0.15, 0.2) is 0 Å². The van der Waals surface area contributed by atoms with Crippen molar-refractivity contribution in [1.82, 2.24) is 0 Å². The van der Waals surface area contributed by atoms with Gasteiger partial charge in [-0.15, -0.1) is 0 Å². The molecule has 6 heteroatoms. The summed E-state index contributed by atoms with van der Waals surface area (Å²) in [5.74, 6) is -7.19. The highest BCUT2D eigenvalue weighted by Crippen LogP contribution is 2.30. The number of halogens is 4. The number of hydrogen-bond acceptors (Lipinski definition) is 1. The summed E-state index contributed by atoms with van der Waals surface area (Å²) in [6.45, 7) is 0. The average molecular weight is 224 g/mol. The van der Waals surface area contributed by atoms with Crippen molar-refractivity contribution in [3.05, 3.63) is 34.6 Å². The zero-order chi connectivity index (χ0) is 10.9. The van der Waals surface area contributed by atoms with Crippen molar-refractivity contribution in [1.29, 1.82) is 0 Å². The van der Waals surface area contributed by atoms with Gasteiger partial charge in [-0.2, -0.15) is 8.78 Å². The summed E-state index contributed by atoms with van der Waals surface area (Å²) in [5.41, 5.74) is 3.35. The standard InChI is InChI=1S/C8H5ClF3NO/c9-4-1-2-5(6(10)3-4)8(11,12)7(13)14/h1-3H,(H2,13,14). The zero-order valence-electron chi connectivity index (χ0n) is 6.73. The van der Waals surface area contributed by atoms with Gasteiger partial charge in [0.05, 0.1) is 5.56 Å². The molecule has 0 aliphatic rings. The van der Waals surface area contributed by atoms with Gasteiger partial charge >= 0.3 is 5.92 Å². The lowest BCUT2D eigenvalue weighted by Crippen LogP contribution is -2.33. The Kier molecular flexibility index (Phi) is 2.71. The minimum Gasteiger partial charge on any atom is -0.364 e. The molecular weight excluding hydrogens is 219 g/mol. The largest absolute Gasteiger partial charge is 0.364 e. The second-order valence-corrected chi connectivity index (χ2v) is 3.00. The van der Waals surface area contributed by atoms with Gasteiger partial charge in [-0.1, -0.05) is 11.6 Å². The highest BCUT2D eigenvalue weighted by atomic mass is 35.5. The topological polar surface area (TPSA) is 43.1 Å². The van der Waals surface area contributed by atoms with Crippen molar-refractivity contribution in [2.24, 2.45) is 5.73 Å². The van der Waals surface area contributed by atoms with Crippen molar-refractivity contribution in [3.8, 4) is 0 Å². The van der Waals surface area contributed by atoms with Crippen LogP contribution in [0.2, 0.25) is 5.02 Å². The van der Waals surface area contributed by atoms with Crippen LogP contribution >= 0.6 is 11.6 Å². The predicted octanol–water partition coefficient (Wildman–Crippen LogP) is 2.06. The van der Waals surface area contributed by atoms with Crippen LogP contribution in [0.15, 0.2) is 18.2 Å². The van der Waals surface area contributed by atoms with Crippen LogP contribution in [-0.4, -0.2) is 5.91 Å². The molecule has 76 valence electrons. The summed E-state index contributed by atoms with van der Waals surface area (Å²) in [5, 5.41) is -0.0356. The molecule has 2 N–H and O–H groups in total. The number of primary amides is 1. The summed E-state index contributed by atoms with van der Waals surface area (Å²) in [4.78, 5) is 10.3. The fraction of sp³-hybridized carbons (Fsp3) is 0.125. The van der Waals surface area contributed by atoms with Crippen LogP contribution in [0.25, 0.3) is 0 Å². The first-order valence-electron chi connectivity index (χ1n) is 3.49. The Labute approximate surface area is 82.5 Å². The van der Waals surface area contributed by atoms with E-state index in [1.165, 1.54) is 0 Å². The summed E-state index contributed by atoms with van der Waals surface area (Å²) >= 11 is 5.35. The molecular formula is C8H5ClF3NO. The van der Waals surface area contributed by atoms with Gasteiger partial charge in [0, 0.05) is 5.02 Å². The number of carbonyl (C=O) groups excluding carboxylic acids is 1. The fourth-order valence-electron chi connectivity index (χ4n) is 0.877. The second kappa shape index (κ2) is 3.49. The molecule has 0 fully saturated rings. The van der Waals surface area contributed by atoms with E-state index >= 15 is 0 Å². The van der Waals surface area contributed by atoms with Gasteiger partial charge in [-0.05, 0) is 18.2 Å². The maximum absolute atomic E-state index is 12.9. The van der Waals surface area contributed by atoms with E-state index < -0.39 is 23.2 Å². The molecule has 0 aliphatic carbocycles. The highest BCUT2D eigenvalue weighted by Gasteiger charge is 2.41. The van der Waals surface area contributed by atoms with E-state index in [4.69, 9.17) is 11.6 Å². The van der Waals surface area contributed by atoms with Crippen LogP contribution in [0.5, 0.6) is 0 Å².